The summed E-state index contributed by atoms with van der Waals surface area (Å²) in [6, 6.07) is 11.1. The molecule has 7 heteroatoms. The summed E-state index contributed by atoms with van der Waals surface area (Å²) in [6.07, 6.45) is 0. The summed E-state index contributed by atoms with van der Waals surface area (Å²) < 4.78 is 31.8. The average Bonchev–Trinajstić information content (AvgIpc) is 2.63. The van der Waals surface area contributed by atoms with E-state index in [9.17, 15) is 13.6 Å². The van der Waals surface area contributed by atoms with Crippen molar-refractivity contribution in [2.45, 2.75) is 11.4 Å². The van der Waals surface area contributed by atoms with Crippen LogP contribution >= 0.6 is 11.8 Å². The zero-order valence-corrected chi connectivity index (χ0v) is 15.1. The van der Waals surface area contributed by atoms with Gasteiger partial charge in [0.2, 0.25) is 5.91 Å². The molecular formula is C19H21F2N2O2S+. The lowest BCUT2D eigenvalue weighted by molar-refractivity contribution is -0.921. The lowest BCUT2D eigenvalue weighted by Gasteiger charge is -2.23. The third kappa shape index (κ3) is 5.52. The van der Waals surface area contributed by atoms with E-state index in [4.69, 9.17) is 4.74 Å². The van der Waals surface area contributed by atoms with Gasteiger partial charge in [0.1, 0.15) is 31.3 Å². The van der Waals surface area contributed by atoms with Crippen molar-refractivity contribution < 1.29 is 23.2 Å². The van der Waals surface area contributed by atoms with Crippen LogP contribution in [0.2, 0.25) is 0 Å². The molecule has 2 N–H and O–H groups in total. The quantitative estimate of drug-likeness (QED) is 0.756. The summed E-state index contributed by atoms with van der Waals surface area (Å²) in [6.45, 7) is 4.56. The van der Waals surface area contributed by atoms with Gasteiger partial charge in [-0.1, -0.05) is 12.1 Å². The highest BCUT2D eigenvalue weighted by atomic mass is 32.2. The van der Waals surface area contributed by atoms with Crippen LogP contribution in [0.4, 0.5) is 14.5 Å². The van der Waals surface area contributed by atoms with Gasteiger partial charge in [-0.25, -0.2) is 8.78 Å². The van der Waals surface area contributed by atoms with Crippen LogP contribution in [0.3, 0.4) is 0 Å². The van der Waals surface area contributed by atoms with Gasteiger partial charge in [0, 0.05) is 22.2 Å². The lowest BCUT2D eigenvalue weighted by Crippen LogP contribution is -3.12. The van der Waals surface area contributed by atoms with Crippen molar-refractivity contribution in [2.75, 3.05) is 37.4 Å². The van der Waals surface area contributed by atoms with E-state index in [0.717, 1.165) is 50.7 Å². The van der Waals surface area contributed by atoms with Crippen LogP contribution in [0.1, 0.15) is 5.56 Å². The van der Waals surface area contributed by atoms with Crippen molar-refractivity contribution >= 4 is 23.4 Å². The molecule has 0 bridgehead atoms. The van der Waals surface area contributed by atoms with E-state index in [1.807, 2.05) is 24.3 Å². The van der Waals surface area contributed by atoms with Crippen LogP contribution in [-0.4, -0.2) is 38.0 Å². The van der Waals surface area contributed by atoms with Gasteiger partial charge in [-0.3, -0.25) is 4.79 Å². The Morgan fingerprint density at radius 1 is 1.12 bits per heavy atom. The third-order valence-corrected chi connectivity index (χ3v) is 5.19. The number of halogens is 2. The molecule has 2 aromatic carbocycles. The highest BCUT2D eigenvalue weighted by molar-refractivity contribution is 8.00. The van der Waals surface area contributed by atoms with E-state index < -0.39 is 11.6 Å². The number of carbonyl (C=O) groups is 1. The Morgan fingerprint density at radius 2 is 1.85 bits per heavy atom. The van der Waals surface area contributed by atoms with Crippen LogP contribution in [0.15, 0.2) is 47.4 Å². The minimum Gasteiger partial charge on any atom is -0.370 e. The lowest BCUT2D eigenvalue weighted by atomic mass is 10.2. The Kier molecular flexibility index (Phi) is 6.60. The molecular weight excluding hydrogens is 358 g/mol. The minimum atomic E-state index is -0.655. The number of thioether (sulfide) groups is 1. The molecule has 26 heavy (non-hydrogen) atoms. The fraction of sp³-hybridized carbons (Fsp3) is 0.316. The smallest absolute Gasteiger partial charge is 0.234 e. The fourth-order valence-corrected chi connectivity index (χ4v) is 3.48. The zero-order chi connectivity index (χ0) is 18.4. The fourth-order valence-electron chi connectivity index (χ4n) is 2.76. The molecule has 0 aromatic heterocycles. The predicted octanol–water partition coefficient (Wildman–Crippen LogP) is 2.11. The van der Waals surface area contributed by atoms with E-state index in [1.165, 1.54) is 22.6 Å². The van der Waals surface area contributed by atoms with Crippen LogP contribution in [0.5, 0.6) is 0 Å². The molecule has 4 nitrogen and oxygen atoms in total. The molecule has 1 aliphatic rings. The van der Waals surface area contributed by atoms with Gasteiger partial charge >= 0.3 is 0 Å². The van der Waals surface area contributed by atoms with Crippen molar-refractivity contribution in [3.05, 3.63) is 59.7 Å². The Balaban J connectivity index is 1.47. The molecule has 1 fully saturated rings. The zero-order valence-electron chi connectivity index (χ0n) is 14.3. The SMILES string of the molecule is O=C(CSc1ccc(F)cc1F)Nc1ccc(C[NH+]2CCOCC2)cc1. The summed E-state index contributed by atoms with van der Waals surface area (Å²) in [5.74, 6) is -1.46. The van der Waals surface area contributed by atoms with Crippen LogP contribution < -0.4 is 10.2 Å². The van der Waals surface area contributed by atoms with Gasteiger partial charge < -0.3 is 15.0 Å². The number of rotatable bonds is 6. The Morgan fingerprint density at radius 3 is 2.54 bits per heavy atom. The summed E-state index contributed by atoms with van der Waals surface area (Å²) in [5.41, 5.74) is 1.92. The van der Waals surface area contributed by atoms with Gasteiger partial charge in [-0.2, -0.15) is 0 Å². The van der Waals surface area contributed by atoms with Gasteiger partial charge in [-0.15, -0.1) is 11.8 Å². The van der Waals surface area contributed by atoms with Gasteiger partial charge in [0.05, 0.1) is 19.0 Å². The largest absolute Gasteiger partial charge is 0.370 e. The van der Waals surface area contributed by atoms with E-state index in [-0.39, 0.29) is 16.6 Å². The number of ether oxygens (including phenoxy) is 1. The van der Waals surface area contributed by atoms with Gasteiger partial charge in [0.15, 0.2) is 0 Å². The van der Waals surface area contributed by atoms with Crippen LogP contribution in [-0.2, 0) is 16.1 Å². The second-order valence-corrected chi connectivity index (χ2v) is 7.16. The molecule has 1 amide bonds. The van der Waals surface area contributed by atoms with E-state index in [1.54, 1.807) is 0 Å². The van der Waals surface area contributed by atoms with Crippen LogP contribution in [0, 0.1) is 11.6 Å². The Bertz CT molecular complexity index is 750. The highest BCUT2D eigenvalue weighted by Gasteiger charge is 2.14. The molecule has 1 aliphatic heterocycles. The third-order valence-electron chi connectivity index (χ3n) is 4.14. The molecule has 0 saturated carbocycles. The number of nitrogens with one attached hydrogen (secondary N) is 2. The molecule has 0 radical (unpaired) electrons. The van der Waals surface area contributed by atoms with E-state index >= 15 is 0 Å². The molecule has 0 spiro atoms. The normalized spacial score (nSPS) is 15.0. The van der Waals surface area contributed by atoms with Gasteiger partial charge in [-0.05, 0) is 24.3 Å². The molecule has 138 valence electrons. The highest BCUT2D eigenvalue weighted by Crippen LogP contribution is 2.22. The van der Waals surface area contributed by atoms with Crippen molar-refractivity contribution in [1.29, 1.82) is 0 Å². The van der Waals surface area contributed by atoms with Crippen LogP contribution in [0.25, 0.3) is 0 Å². The first-order valence-electron chi connectivity index (χ1n) is 8.48. The maximum atomic E-state index is 13.6. The van der Waals surface area contributed by atoms with Crippen molar-refractivity contribution in [2.24, 2.45) is 0 Å². The number of benzene rings is 2. The summed E-state index contributed by atoms with van der Waals surface area (Å²) in [5, 5.41) is 2.79. The topological polar surface area (TPSA) is 42.8 Å². The number of anilines is 1. The number of hydrogen-bond donors (Lipinski definition) is 2. The number of amides is 1. The molecule has 2 aromatic rings. The number of quaternary nitrogens is 1. The first-order valence-corrected chi connectivity index (χ1v) is 9.47. The summed E-state index contributed by atoms with van der Waals surface area (Å²) >= 11 is 1.04. The summed E-state index contributed by atoms with van der Waals surface area (Å²) in [7, 11) is 0. The molecule has 0 unspecified atom stereocenters. The number of hydrogen-bond acceptors (Lipinski definition) is 3. The van der Waals surface area contributed by atoms with Crippen molar-refractivity contribution in [3.63, 3.8) is 0 Å². The predicted molar refractivity (Wildman–Crippen MR) is 97.4 cm³/mol. The average molecular weight is 379 g/mol. The second-order valence-electron chi connectivity index (χ2n) is 6.15. The first kappa shape index (κ1) is 18.8. The van der Waals surface area contributed by atoms with Crippen molar-refractivity contribution in [3.8, 4) is 0 Å². The Labute approximate surface area is 155 Å². The van der Waals surface area contributed by atoms with E-state index in [2.05, 4.69) is 5.32 Å². The minimum absolute atomic E-state index is 0.0578. The maximum Gasteiger partial charge on any atom is 0.234 e. The molecule has 3 rings (SSSR count). The summed E-state index contributed by atoms with van der Waals surface area (Å²) in [4.78, 5) is 13.8. The molecule has 0 aliphatic carbocycles. The van der Waals surface area contributed by atoms with Gasteiger partial charge in [0.25, 0.3) is 0 Å². The number of carbonyl (C=O) groups excluding carboxylic acids is 1. The second kappa shape index (κ2) is 9.12. The standard InChI is InChI=1S/C19H20F2N2O2S/c20-15-3-6-18(17(21)11-15)26-13-19(24)22-16-4-1-14(2-5-16)12-23-7-9-25-10-8-23/h1-6,11H,7-10,12-13H2,(H,22,24)/p+1. The van der Waals surface area contributed by atoms with Crippen molar-refractivity contribution in [1.82, 2.24) is 0 Å². The maximum absolute atomic E-state index is 13.6. The monoisotopic (exact) mass is 379 g/mol. The molecule has 1 saturated heterocycles. The molecule has 0 atom stereocenters. The first-order chi connectivity index (χ1) is 12.6. The Hall–Kier alpha value is -1.96. The molecule has 1 heterocycles. The van der Waals surface area contributed by atoms with E-state index in [0.29, 0.717) is 5.69 Å². The number of morpholine rings is 1.